The zero-order chi connectivity index (χ0) is 20.5. The van der Waals surface area contributed by atoms with Gasteiger partial charge in [0, 0.05) is 24.9 Å². The van der Waals surface area contributed by atoms with E-state index in [2.05, 4.69) is 10.6 Å². The zero-order valence-corrected chi connectivity index (χ0v) is 16.7. The summed E-state index contributed by atoms with van der Waals surface area (Å²) in [5.74, 6) is -1.67. The number of fused-ring (bicyclic) bond motifs is 1. The first kappa shape index (κ1) is 20.4. The van der Waals surface area contributed by atoms with Gasteiger partial charge in [-0.25, -0.2) is 8.78 Å². The van der Waals surface area contributed by atoms with Gasteiger partial charge in [-0.2, -0.15) is 0 Å². The summed E-state index contributed by atoms with van der Waals surface area (Å²) in [4.78, 5) is 12.8. The summed E-state index contributed by atoms with van der Waals surface area (Å²) in [6.07, 6.45) is 0.806. The van der Waals surface area contributed by atoms with Crippen LogP contribution in [0.1, 0.15) is 49.1 Å². The van der Waals surface area contributed by atoms with E-state index < -0.39 is 23.1 Å². The molecule has 6 heteroatoms. The minimum Gasteiger partial charge on any atom is -0.380 e. The van der Waals surface area contributed by atoms with Gasteiger partial charge in [-0.15, -0.1) is 0 Å². The number of ether oxygens (including phenoxy) is 1. The maximum atomic E-state index is 14.4. The van der Waals surface area contributed by atoms with Crippen LogP contribution < -0.4 is 10.6 Å². The molecule has 28 heavy (non-hydrogen) atoms. The van der Waals surface area contributed by atoms with Gasteiger partial charge in [0.1, 0.15) is 17.7 Å². The van der Waals surface area contributed by atoms with Crippen LogP contribution >= 0.6 is 0 Å². The fraction of sp³-hybridized carbons (Fsp3) is 0.409. The molecule has 0 unspecified atom stereocenters. The van der Waals surface area contributed by atoms with Crippen LogP contribution in [0.4, 0.5) is 14.5 Å². The molecule has 2 N–H and O–H groups in total. The minimum absolute atomic E-state index is 0.0114. The number of carbonyl (C=O) groups is 1. The highest BCUT2D eigenvalue weighted by atomic mass is 19.1. The van der Waals surface area contributed by atoms with E-state index in [4.69, 9.17) is 4.74 Å². The number of hydrogen-bond donors (Lipinski definition) is 2. The van der Waals surface area contributed by atoms with E-state index in [1.807, 2.05) is 18.2 Å². The topological polar surface area (TPSA) is 50.4 Å². The lowest BCUT2D eigenvalue weighted by Crippen LogP contribution is -2.38. The number of hydrogen-bond acceptors (Lipinski definition) is 3. The lowest BCUT2D eigenvalue weighted by atomic mass is 9.86. The number of nitrogens with one attached hydrogen (secondary N) is 2. The molecule has 1 aliphatic rings. The van der Waals surface area contributed by atoms with E-state index in [0.29, 0.717) is 13.2 Å². The minimum atomic E-state index is -0.666. The number of methoxy groups -OCH3 is 1. The Morgan fingerprint density at radius 2 is 1.89 bits per heavy atom. The summed E-state index contributed by atoms with van der Waals surface area (Å²) in [5.41, 5.74) is 2.45. The third-order valence-electron chi connectivity index (χ3n) is 4.89. The van der Waals surface area contributed by atoms with Gasteiger partial charge >= 0.3 is 0 Å². The van der Waals surface area contributed by atoms with Crippen LogP contribution in [0, 0.1) is 11.6 Å². The Morgan fingerprint density at radius 3 is 2.50 bits per heavy atom. The van der Waals surface area contributed by atoms with Crippen molar-refractivity contribution < 1.29 is 18.3 Å². The molecule has 1 heterocycles. The SMILES string of the molecule is COCc1ccc2c(c1)CCN[C@H]2C(=O)Nc1cc(F)c(C(C)(C)C)c(F)c1. The number of halogens is 2. The third kappa shape index (κ3) is 4.23. The molecule has 0 spiro atoms. The van der Waals surface area contributed by atoms with Gasteiger partial charge in [0.05, 0.1) is 6.61 Å². The molecule has 150 valence electrons. The van der Waals surface area contributed by atoms with Crippen LogP contribution in [-0.4, -0.2) is 19.6 Å². The summed E-state index contributed by atoms with van der Waals surface area (Å²) in [6, 6.07) is 7.64. The summed E-state index contributed by atoms with van der Waals surface area (Å²) < 4.78 is 34.0. The summed E-state index contributed by atoms with van der Waals surface area (Å²) >= 11 is 0. The van der Waals surface area contributed by atoms with Crippen molar-refractivity contribution in [1.82, 2.24) is 5.32 Å². The van der Waals surface area contributed by atoms with Gasteiger partial charge in [0.15, 0.2) is 0 Å². The Labute approximate surface area is 164 Å². The predicted molar refractivity (Wildman–Crippen MR) is 105 cm³/mol. The molecule has 3 rings (SSSR count). The standard InChI is InChI=1S/C22H26F2N2O2/c1-22(2,3)19-17(23)10-15(11-18(19)24)26-21(27)20-16-6-5-13(12-28-4)9-14(16)7-8-25-20/h5-6,9-11,20,25H,7-8,12H2,1-4H3,(H,26,27)/t20-/m1/s1. The van der Waals surface area contributed by atoms with Crippen LogP contribution in [-0.2, 0) is 28.0 Å². The monoisotopic (exact) mass is 388 g/mol. The first-order valence-electron chi connectivity index (χ1n) is 9.35. The number of rotatable bonds is 4. The number of carbonyl (C=O) groups excluding carboxylic acids is 1. The lowest BCUT2D eigenvalue weighted by molar-refractivity contribution is -0.118. The van der Waals surface area contributed by atoms with Crippen LogP contribution in [0.2, 0.25) is 0 Å². The average Bonchev–Trinajstić information content (AvgIpc) is 2.59. The highest BCUT2D eigenvalue weighted by Crippen LogP contribution is 2.31. The highest BCUT2D eigenvalue weighted by Gasteiger charge is 2.28. The van der Waals surface area contributed by atoms with E-state index in [1.54, 1.807) is 27.9 Å². The van der Waals surface area contributed by atoms with Crippen molar-refractivity contribution in [1.29, 1.82) is 0 Å². The van der Waals surface area contributed by atoms with Crippen molar-refractivity contribution in [3.63, 3.8) is 0 Å². The first-order chi connectivity index (χ1) is 13.2. The van der Waals surface area contributed by atoms with Gasteiger partial charge in [0.2, 0.25) is 5.91 Å². The lowest BCUT2D eigenvalue weighted by Gasteiger charge is -2.27. The fourth-order valence-corrected chi connectivity index (χ4v) is 3.68. The van der Waals surface area contributed by atoms with Crippen LogP contribution in [0.15, 0.2) is 30.3 Å². The maximum Gasteiger partial charge on any atom is 0.246 e. The Morgan fingerprint density at radius 1 is 1.21 bits per heavy atom. The second-order valence-corrected chi connectivity index (χ2v) is 8.16. The second kappa shape index (κ2) is 7.97. The molecule has 1 atom stereocenters. The Bertz CT molecular complexity index is 868. The summed E-state index contributed by atoms with van der Waals surface area (Å²) in [5, 5.41) is 5.83. The van der Waals surface area contributed by atoms with E-state index in [9.17, 15) is 13.6 Å². The molecule has 0 bridgehead atoms. The smallest absolute Gasteiger partial charge is 0.246 e. The van der Waals surface area contributed by atoms with E-state index >= 15 is 0 Å². The summed E-state index contributed by atoms with van der Waals surface area (Å²) in [6.45, 7) is 6.39. The molecule has 0 saturated heterocycles. The number of anilines is 1. The zero-order valence-electron chi connectivity index (χ0n) is 16.7. The molecule has 0 aliphatic carbocycles. The number of amides is 1. The van der Waals surface area contributed by atoms with E-state index in [1.165, 1.54) is 12.1 Å². The average molecular weight is 388 g/mol. The first-order valence-corrected chi connectivity index (χ1v) is 9.35. The molecule has 0 radical (unpaired) electrons. The van der Waals surface area contributed by atoms with Crippen molar-refractivity contribution in [2.45, 2.75) is 45.3 Å². The van der Waals surface area contributed by atoms with Gasteiger partial charge in [-0.1, -0.05) is 39.0 Å². The Hall–Kier alpha value is -2.31. The van der Waals surface area contributed by atoms with Gasteiger partial charge in [0.25, 0.3) is 0 Å². The maximum absolute atomic E-state index is 14.4. The molecule has 4 nitrogen and oxygen atoms in total. The van der Waals surface area contributed by atoms with Crippen LogP contribution in [0.5, 0.6) is 0 Å². The van der Waals surface area contributed by atoms with Crippen LogP contribution in [0.25, 0.3) is 0 Å². The second-order valence-electron chi connectivity index (χ2n) is 8.16. The van der Waals surface area contributed by atoms with Crippen LogP contribution in [0.3, 0.4) is 0 Å². The molecule has 2 aromatic carbocycles. The molecular formula is C22H26F2N2O2. The highest BCUT2D eigenvalue weighted by molar-refractivity contribution is 5.96. The van der Waals surface area contributed by atoms with Crippen molar-refractivity contribution in [2.75, 3.05) is 19.0 Å². The van der Waals surface area contributed by atoms with Crippen molar-refractivity contribution in [3.8, 4) is 0 Å². The molecule has 0 saturated carbocycles. The predicted octanol–water partition coefficient (Wildman–Crippen LogP) is 4.23. The normalized spacial score (nSPS) is 16.6. The molecule has 0 aromatic heterocycles. The van der Waals surface area contributed by atoms with Crippen molar-refractivity contribution in [2.24, 2.45) is 0 Å². The largest absolute Gasteiger partial charge is 0.380 e. The van der Waals surface area contributed by atoms with Gasteiger partial charge < -0.3 is 15.4 Å². The Kier molecular flexibility index (Phi) is 5.82. The molecule has 2 aromatic rings. The van der Waals surface area contributed by atoms with Gasteiger partial charge in [-0.3, -0.25) is 4.79 Å². The third-order valence-corrected chi connectivity index (χ3v) is 4.89. The van der Waals surface area contributed by atoms with Gasteiger partial charge in [-0.05, 0) is 40.7 Å². The molecule has 0 fully saturated rings. The van der Waals surface area contributed by atoms with Crippen molar-refractivity contribution >= 4 is 11.6 Å². The molecule has 1 amide bonds. The Balaban J connectivity index is 1.83. The van der Waals surface area contributed by atoms with Crippen molar-refractivity contribution in [3.05, 3.63) is 64.2 Å². The van der Waals surface area contributed by atoms with E-state index in [-0.39, 0.29) is 17.2 Å². The molecule has 1 aliphatic heterocycles. The molecular weight excluding hydrogens is 362 g/mol. The van der Waals surface area contributed by atoms with E-state index in [0.717, 1.165) is 23.1 Å². The summed E-state index contributed by atoms with van der Waals surface area (Å²) in [7, 11) is 1.64. The fourth-order valence-electron chi connectivity index (χ4n) is 3.68. The number of benzene rings is 2. The quantitative estimate of drug-likeness (QED) is 0.824.